The zero-order chi connectivity index (χ0) is 14.3. The molecule has 2 nitrogen and oxygen atoms in total. The van der Waals surface area contributed by atoms with Crippen LogP contribution in [0.3, 0.4) is 0 Å². The molecule has 0 aliphatic carbocycles. The van der Waals surface area contributed by atoms with Crippen LogP contribution in [0.2, 0.25) is 5.02 Å². The molecule has 0 bridgehead atoms. The van der Waals surface area contributed by atoms with E-state index in [0.717, 1.165) is 20.9 Å². The minimum atomic E-state index is -0.0417. The van der Waals surface area contributed by atoms with Crippen molar-refractivity contribution < 1.29 is 4.79 Å². The third-order valence-corrected chi connectivity index (χ3v) is 4.27. The van der Waals surface area contributed by atoms with Gasteiger partial charge in [-0.05, 0) is 31.2 Å². The van der Waals surface area contributed by atoms with Crippen molar-refractivity contribution in [1.82, 2.24) is 4.98 Å². The molecule has 0 atom stereocenters. The first-order valence-electron chi connectivity index (χ1n) is 6.14. The number of rotatable bonds is 2. The van der Waals surface area contributed by atoms with Gasteiger partial charge < -0.3 is 4.98 Å². The number of hydrogen-bond donors (Lipinski definition) is 1. The van der Waals surface area contributed by atoms with Gasteiger partial charge in [-0.15, -0.1) is 0 Å². The zero-order valence-corrected chi connectivity index (χ0v) is 13.0. The molecule has 2 aromatic carbocycles. The molecule has 0 spiro atoms. The second-order valence-electron chi connectivity index (χ2n) is 4.68. The summed E-state index contributed by atoms with van der Waals surface area (Å²) in [5.41, 5.74) is 3.15. The average molecular weight is 349 g/mol. The van der Waals surface area contributed by atoms with E-state index in [-0.39, 0.29) is 5.78 Å². The number of benzene rings is 2. The van der Waals surface area contributed by atoms with Gasteiger partial charge in [0.15, 0.2) is 5.78 Å². The predicted octanol–water partition coefficient (Wildman–Crippen LogP) is 5.12. The monoisotopic (exact) mass is 347 g/mol. The maximum atomic E-state index is 12.7. The summed E-state index contributed by atoms with van der Waals surface area (Å²) < 4.78 is 0.787. The fraction of sp³-hybridized carbons (Fsp3) is 0.0625. The van der Waals surface area contributed by atoms with Gasteiger partial charge in [0.05, 0.1) is 5.02 Å². The highest BCUT2D eigenvalue weighted by atomic mass is 79.9. The van der Waals surface area contributed by atoms with Crippen LogP contribution in [-0.2, 0) is 0 Å². The molecule has 20 heavy (non-hydrogen) atoms. The molecule has 0 fully saturated rings. The van der Waals surface area contributed by atoms with Crippen molar-refractivity contribution >= 4 is 44.2 Å². The Morgan fingerprint density at radius 2 is 2.00 bits per heavy atom. The number of aromatic amines is 1. The number of aromatic nitrogens is 1. The molecule has 1 aromatic heterocycles. The Balaban J connectivity index is 2.21. The Labute approximate surface area is 129 Å². The summed E-state index contributed by atoms with van der Waals surface area (Å²) in [4.78, 5) is 15.8. The third kappa shape index (κ3) is 2.17. The molecule has 0 aliphatic heterocycles. The Morgan fingerprint density at radius 1 is 1.20 bits per heavy atom. The molecule has 100 valence electrons. The summed E-state index contributed by atoms with van der Waals surface area (Å²) in [5, 5.41) is 1.35. The van der Waals surface area contributed by atoms with E-state index >= 15 is 0 Å². The van der Waals surface area contributed by atoms with Gasteiger partial charge in [0.25, 0.3) is 0 Å². The summed E-state index contributed by atoms with van der Waals surface area (Å²) in [6, 6.07) is 11.3. The number of hydrogen-bond acceptors (Lipinski definition) is 1. The highest BCUT2D eigenvalue weighted by Crippen LogP contribution is 2.30. The van der Waals surface area contributed by atoms with Gasteiger partial charge in [-0.3, -0.25) is 4.79 Å². The minimum absolute atomic E-state index is 0.0417. The maximum Gasteiger partial charge on any atom is 0.196 e. The molecule has 0 radical (unpaired) electrons. The molecule has 0 saturated carbocycles. The lowest BCUT2D eigenvalue weighted by Crippen LogP contribution is -2.02. The second-order valence-corrected chi connectivity index (χ2v) is 5.94. The van der Waals surface area contributed by atoms with Gasteiger partial charge in [-0.25, -0.2) is 0 Å². The van der Waals surface area contributed by atoms with E-state index in [2.05, 4.69) is 20.9 Å². The van der Waals surface area contributed by atoms with Gasteiger partial charge in [-0.2, -0.15) is 0 Å². The van der Waals surface area contributed by atoms with Gasteiger partial charge in [0.2, 0.25) is 0 Å². The molecule has 0 aliphatic rings. The fourth-order valence-corrected chi connectivity index (χ4v) is 2.98. The quantitative estimate of drug-likeness (QED) is 0.640. The Hall–Kier alpha value is -1.58. The van der Waals surface area contributed by atoms with Crippen molar-refractivity contribution in [2.45, 2.75) is 6.92 Å². The normalized spacial score (nSPS) is 10.9. The summed E-state index contributed by atoms with van der Waals surface area (Å²) in [6.45, 7) is 1.96. The van der Waals surface area contributed by atoms with Crippen molar-refractivity contribution in [2.24, 2.45) is 0 Å². The van der Waals surface area contributed by atoms with Crippen molar-refractivity contribution in [3.8, 4) is 0 Å². The molecule has 0 amide bonds. The van der Waals surface area contributed by atoms with E-state index in [1.165, 1.54) is 0 Å². The van der Waals surface area contributed by atoms with Crippen LogP contribution in [0.5, 0.6) is 0 Å². The van der Waals surface area contributed by atoms with Crippen LogP contribution >= 0.6 is 27.5 Å². The zero-order valence-electron chi connectivity index (χ0n) is 10.7. The summed E-state index contributed by atoms with van der Waals surface area (Å²) in [7, 11) is 0. The molecule has 1 heterocycles. The number of ketones is 1. The molecule has 4 heteroatoms. The number of nitrogens with one attached hydrogen (secondary N) is 1. The average Bonchev–Trinajstić information content (AvgIpc) is 2.86. The van der Waals surface area contributed by atoms with Gasteiger partial charge >= 0.3 is 0 Å². The molecular formula is C16H11BrClNO. The summed E-state index contributed by atoms with van der Waals surface area (Å²) in [5.74, 6) is -0.0417. The lowest BCUT2D eigenvalue weighted by Gasteiger charge is -2.05. The Kier molecular flexibility index (Phi) is 3.40. The van der Waals surface area contributed by atoms with Crippen LogP contribution in [-0.4, -0.2) is 10.8 Å². The molecule has 3 aromatic rings. The van der Waals surface area contributed by atoms with Crippen LogP contribution in [0.1, 0.15) is 21.5 Å². The predicted molar refractivity (Wildman–Crippen MR) is 85.6 cm³/mol. The number of H-pyrrole nitrogens is 1. The Bertz CT molecular complexity index is 822. The van der Waals surface area contributed by atoms with Crippen molar-refractivity contribution in [2.75, 3.05) is 0 Å². The fourth-order valence-electron chi connectivity index (χ4n) is 2.28. The standard InChI is InChI=1S/C16H11BrClNO/c1-9-5-6-12(17)10(7-9)16(20)11-8-19-14-4-2-3-13(18)15(11)14/h2-8,19H,1H3. The first kappa shape index (κ1) is 13.4. The Morgan fingerprint density at radius 3 is 2.80 bits per heavy atom. The van der Waals surface area contributed by atoms with Crippen LogP contribution in [0.15, 0.2) is 47.1 Å². The highest BCUT2D eigenvalue weighted by molar-refractivity contribution is 9.10. The maximum absolute atomic E-state index is 12.7. The van der Waals surface area contributed by atoms with E-state index in [4.69, 9.17) is 11.6 Å². The van der Waals surface area contributed by atoms with Crippen molar-refractivity contribution in [1.29, 1.82) is 0 Å². The lowest BCUT2D eigenvalue weighted by atomic mass is 10.0. The van der Waals surface area contributed by atoms with Gasteiger partial charge in [0, 0.05) is 32.7 Å². The number of halogens is 2. The van der Waals surface area contributed by atoms with Crippen LogP contribution in [0.4, 0.5) is 0 Å². The first-order valence-corrected chi connectivity index (χ1v) is 7.31. The second kappa shape index (κ2) is 5.08. The number of fused-ring (bicyclic) bond motifs is 1. The third-order valence-electron chi connectivity index (χ3n) is 3.27. The lowest BCUT2D eigenvalue weighted by molar-refractivity contribution is 0.103. The number of carbonyl (C=O) groups excluding carboxylic acids is 1. The van der Waals surface area contributed by atoms with Crippen LogP contribution in [0.25, 0.3) is 10.9 Å². The van der Waals surface area contributed by atoms with Gasteiger partial charge in [-0.1, -0.05) is 45.2 Å². The van der Waals surface area contributed by atoms with Crippen LogP contribution < -0.4 is 0 Å². The largest absolute Gasteiger partial charge is 0.360 e. The number of aryl methyl sites for hydroxylation is 1. The summed E-state index contributed by atoms with van der Waals surface area (Å²) in [6.07, 6.45) is 1.72. The van der Waals surface area contributed by atoms with E-state index in [9.17, 15) is 4.79 Å². The van der Waals surface area contributed by atoms with E-state index in [1.807, 2.05) is 37.3 Å². The van der Waals surface area contributed by atoms with E-state index < -0.39 is 0 Å². The highest BCUT2D eigenvalue weighted by Gasteiger charge is 2.18. The molecule has 1 N–H and O–H groups in total. The van der Waals surface area contributed by atoms with Crippen molar-refractivity contribution in [3.63, 3.8) is 0 Å². The topological polar surface area (TPSA) is 32.9 Å². The molecule has 3 rings (SSSR count). The smallest absolute Gasteiger partial charge is 0.196 e. The van der Waals surface area contributed by atoms with Crippen LogP contribution in [0, 0.1) is 6.92 Å². The number of carbonyl (C=O) groups is 1. The van der Waals surface area contributed by atoms with Gasteiger partial charge in [0.1, 0.15) is 0 Å². The van der Waals surface area contributed by atoms with E-state index in [1.54, 1.807) is 12.3 Å². The first-order chi connectivity index (χ1) is 9.58. The molecular weight excluding hydrogens is 338 g/mol. The summed E-state index contributed by atoms with van der Waals surface area (Å²) >= 11 is 9.66. The minimum Gasteiger partial charge on any atom is -0.360 e. The van der Waals surface area contributed by atoms with E-state index in [0.29, 0.717) is 16.1 Å². The SMILES string of the molecule is Cc1ccc(Br)c(C(=O)c2c[nH]c3cccc(Cl)c23)c1. The molecule has 0 unspecified atom stereocenters. The van der Waals surface area contributed by atoms with Crippen molar-refractivity contribution in [3.05, 3.63) is 68.8 Å². The molecule has 0 saturated heterocycles.